The summed E-state index contributed by atoms with van der Waals surface area (Å²) in [6.45, 7) is 0.416. The van der Waals surface area contributed by atoms with Gasteiger partial charge in [0.25, 0.3) is 0 Å². The van der Waals surface area contributed by atoms with E-state index in [1.807, 2.05) is 12.1 Å². The average molecular weight is 465 g/mol. The minimum absolute atomic E-state index is 0.286. The highest BCUT2D eigenvalue weighted by atomic mass is 79.9. The molecule has 0 amide bonds. The van der Waals surface area contributed by atoms with Crippen molar-refractivity contribution in [2.45, 2.75) is 10.6 Å². The standard InChI is InChI=1S/C15H15Br2NO2S2/c16-13-3-1-12(2-4-13)11-21-10-9-18-22(19,20)15-7-5-14(17)6-8-15/h1-8,18H,9-11H2. The third-order valence-corrected chi connectivity index (χ3v) is 6.41. The molecule has 0 saturated heterocycles. The van der Waals surface area contributed by atoms with Crippen molar-refractivity contribution in [3.8, 4) is 0 Å². The van der Waals surface area contributed by atoms with E-state index >= 15 is 0 Å². The van der Waals surface area contributed by atoms with Crippen LogP contribution >= 0.6 is 43.6 Å². The fraction of sp³-hybridized carbons (Fsp3) is 0.200. The summed E-state index contributed by atoms with van der Waals surface area (Å²) in [4.78, 5) is 0.286. The average Bonchev–Trinajstić information content (AvgIpc) is 2.49. The molecule has 118 valence electrons. The zero-order valence-electron chi connectivity index (χ0n) is 11.6. The first-order valence-corrected chi connectivity index (χ1v) is 10.8. The van der Waals surface area contributed by atoms with Crippen LogP contribution in [0.4, 0.5) is 0 Å². The second-order valence-corrected chi connectivity index (χ2v) is 9.23. The molecule has 2 rings (SSSR count). The van der Waals surface area contributed by atoms with Gasteiger partial charge in [0.1, 0.15) is 0 Å². The van der Waals surface area contributed by atoms with Gasteiger partial charge < -0.3 is 0 Å². The van der Waals surface area contributed by atoms with Crippen LogP contribution in [0.5, 0.6) is 0 Å². The smallest absolute Gasteiger partial charge is 0.210 e. The van der Waals surface area contributed by atoms with Crippen LogP contribution in [-0.4, -0.2) is 20.7 Å². The van der Waals surface area contributed by atoms with Gasteiger partial charge in [-0.2, -0.15) is 11.8 Å². The lowest BCUT2D eigenvalue weighted by molar-refractivity contribution is 0.584. The van der Waals surface area contributed by atoms with Gasteiger partial charge in [-0.3, -0.25) is 0 Å². The molecule has 3 nitrogen and oxygen atoms in total. The molecule has 0 spiro atoms. The maximum atomic E-state index is 12.1. The Morgan fingerprint density at radius 2 is 1.45 bits per heavy atom. The van der Waals surface area contributed by atoms with E-state index in [2.05, 4.69) is 48.7 Å². The first kappa shape index (κ1) is 18.0. The number of rotatable bonds is 7. The van der Waals surface area contributed by atoms with Gasteiger partial charge in [-0.15, -0.1) is 0 Å². The molecule has 2 aromatic carbocycles. The number of halogens is 2. The molecule has 0 radical (unpaired) electrons. The number of sulfonamides is 1. The van der Waals surface area contributed by atoms with Gasteiger partial charge in [-0.05, 0) is 42.0 Å². The van der Waals surface area contributed by atoms with E-state index in [9.17, 15) is 8.42 Å². The van der Waals surface area contributed by atoms with Gasteiger partial charge in [-0.25, -0.2) is 13.1 Å². The Labute approximate surface area is 152 Å². The Morgan fingerprint density at radius 3 is 2.05 bits per heavy atom. The lowest BCUT2D eigenvalue weighted by Crippen LogP contribution is -2.26. The number of benzene rings is 2. The van der Waals surface area contributed by atoms with Crippen molar-refractivity contribution in [3.63, 3.8) is 0 Å². The molecule has 0 aliphatic carbocycles. The predicted molar refractivity (Wildman–Crippen MR) is 99.6 cm³/mol. The summed E-state index contributed by atoms with van der Waals surface area (Å²) >= 11 is 8.39. The largest absolute Gasteiger partial charge is 0.240 e. The van der Waals surface area contributed by atoms with E-state index in [0.29, 0.717) is 6.54 Å². The molecule has 0 unspecified atom stereocenters. The van der Waals surface area contributed by atoms with Crippen LogP contribution in [0.25, 0.3) is 0 Å². The van der Waals surface area contributed by atoms with Crippen LogP contribution < -0.4 is 4.72 Å². The molecule has 22 heavy (non-hydrogen) atoms. The van der Waals surface area contributed by atoms with Crippen LogP contribution in [-0.2, 0) is 15.8 Å². The SMILES string of the molecule is O=S(=O)(NCCSCc1ccc(Br)cc1)c1ccc(Br)cc1. The summed E-state index contributed by atoms with van der Waals surface area (Å²) in [7, 11) is -3.42. The number of hydrogen-bond donors (Lipinski definition) is 1. The highest BCUT2D eigenvalue weighted by molar-refractivity contribution is 9.10. The van der Waals surface area contributed by atoms with Gasteiger partial charge in [0, 0.05) is 27.0 Å². The third-order valence-electron chi connectivity index (χ3n) is 2.84. The molecular weight excluding hydrogens is 450 g/mol. The summed E-state index contributed by atoms with van der Waals surface area (Å²) < 4.78 is 28.7. The van der Waals surface area contributed by atoms with Gasteiger partial charge in [0.15, 0.2) is 0 Å². The molecule has 0 atom stereocenters. The molecule has 2 aromatic rings. The van der Waals surface area contributed by atoms with Gasteiger partial charge in [0.05, 0.1) is 4.90 Å². The quantitative estimate of drug-likeness (QED) is 0.616. The molecule has 0 saturated carbocycles. The second kappa shape index (κ2) is 8.49. The predicted octanol–water partition coefficient (Wildman–Crippen LogP) is 4.42. The molecule has 0 bridgehead atoms. The first-order chi connectivity index (χ1) is 10.5. The van der Waals surface area contributed by atoms with Crippen molar-refractivity contribution in [2.75, 3.05) is 12.3 Å². The normalized spacial score (nSPS) is 11.5. The van der Waals surface area contributed by atoms with E-state index in [-0.39, 0.29) is 4.90 Å². The number of nitrogens with one attached hydrogen (secondary N) is 1. The molecule has 0 aliphatic heterocycles. The lowest BCUT2D eigenvalue weighted by Gasteiger charge is -2.07. The van der Waals surface area contributed by atoms with E-state index in [1.54, 1.807) is 36.0 Å². The van der Waals surface area contributed by atoms with E-state index < -0.39 is 10.0 Å². The molecule has 7 heteroatoms. The van der Waals surface area contributed by atoms with Crippen molar-refractivity contribution < 1.29 is 8.42 Å². The van der Waals surface area contributed by atoms with Gasteiger partial charge in [0.2, 0.25) is 10.0 Å². The Bertz CT molecular complexity index is 701. The highest BCUT2D eigenvalue weighted by Gasteiger charge is 2.12. The molecule has 0 heterocycles. The van der Waals surface area contributed by atoms with Crippen LogP contribution in [0.15, 0.2) is 62.4 Å². The van der Waals surface area contributed by atoms with Crippen LogP contribution in [0, 0.1) is 0 Å². The zero-order chi connectivity index (χ0) is 16.0. The summed E-state index contributed by atoms with van der Waals surface area (Å²) in [6.07, 6.45) is 0. The molecule has 0 aromatic heterocycles. The first-order valence-electron chi connectivity index (χ1n) is 6.55. The Morgan fingerprint density at radius 1 is 0.909 bits per heavy atom. The topological polar surface area (TPSA) is 46.2 Å². The van der Waals surface area contributed by atoms with Crippen molar-refractivity contribution in [2.24, 2.45) is 0 Å². The third kappa shape index (κ3) is 5.70. The van der Waals surface area contributed by atoms with E-state index in [0.717, 1.165) is 20.5 Å². The van der Waals surface area contributed by atoms with Gasteiger partial charge >= 0.3 is 0 Å². The van der Waals surface area contributed by atoms with Crippen LogP contribution in [0.2, 0.25) is 0 Å². The Hall–Kier alpha value is -0.340. The van der Waals surface area contributed by atoms with Crippen molar-refractivity contribution in [1.29, 1.82) is 0 Å². The molecule has 1 N–H and O–H groups in total. The fourth-order valence-corrected chi connectivity index (χ4v) is 4.22. The van der Waals surface area contributed by atoms with Crippen molar-refractivity contribution in [1.82, 2.24) is 4.72 Å². The summed E-state index contributed by atoms with van der Waals surface area (Å²) in [6, 6.07) is 14.7. The Kier molecular flexibility index (Phi) is 6.95. The van der Waals surface area contributed by atoms with E-state index in [4.69, 9.17) is 0 Å². The fourth-order valence-electron chi connectivity index (χ4n) is 1.72. The van der Waals surface area contributed by atoms with E-state index in [1.165, 1.54) is 5.56 Å². The Balaban J connectivity index is 1.76. The summed E-state index contributed by atoms with van der Waals surface area (Å²) in [5.41, 5.74) is 1.23. The van der Waals surface area contributed by atoms with Crippen molar-refractivity contribution in [3.05, 3.63) is 63.0 Å². The van der Waals surface area contributed by atoms with Gasteiger partial charge in [-0.1, -0.05) is 44.0 Å². The molecular formula is C15H15Br2NO2S2. The lowest BCUT2D eigenvalue weighted by atomic mass is 10.2. The molecule has 0 fully saturated rings. The monoisotopic (exact) mass is 463 g/mol. The summed E-state index contributed by atoms with van der Waals surface area (Å²) in [5, 5.41) is 0. The minimum atomic E-state index is -3.42. The minimum Gasteiger partial charge on any atom is -0.210 e. The number of thioether (sulfide) groups is 1. The highest BCUT2D eigenvalue weighted by Crippen LogP contribution is 2.16. The zero-order valence-corrected chi connectivity index (χ0v) is 16.4. The number of hydrogen-bond acceptors (Lipinski definition) is 3. The van der Waals surface area contributed by atoms with Crippen LogP contribution in [0.1, 0.15) is 5.56 Å². The molecule has 0 aliphatic rings. The van der Waals surface area contributed by atoms with Crippen molar-refractivity contribution >= 4 is 53.6 Å². The summed E-state index contributed by atoms with van der Waals surface area (Å²) in [5.74, 6) is 1.60. The second-order valence-electron chi connectivity index (χ2n) is 4.53. The maximum absolute atomic E-state index is 12.1. The van der Waals surface area contributed by atoms with Crippen LogP contribution in [0.3, 0.4) is 0 Å². The maximum Gasteiger partial charge on any atom is 0.240 e.